The topological polar surface area (TPSA) is 0 Å². The number of benzene rings is 2. The molecule has 2 aromatic carbocycles. The van der Waals surface area contributed by atoms with Crippen molar-refractivity contribution in [1.29, 1.82) is 0 Å². The van der Waals surface area contributed by atoms with E-state index in [-0.39, 0.29) is 0 Å². The Hall–Kier alpha value is -0.770. The van der Waals surface area contributed by atoms with E-state index in [1.165, 1.54) is 19.6 Å². The van der Waals surface area contributed by atoms with Crippen molar-refractivity contribution in [3.8, 4) is 0 Å². The molecule has 0 bridgehead atoms. The summed E-state index contributed by atoms with van der Waals surface area (Å²) in [7, 11) is 0. The molecule has 0 fully saturated rings. The van der Waals surface area contributed by atoms with E-state index in [0.29, 0.717) is 0 Å². The molecule has 2 aromatic rings. The standard InChI is InChI=1S/C14H10S3/c1-10-15-11-6-2-4-8-13(11)17-14-9-5-3-7-12(14)16-10/h2-9H,1H2. The molecule has 0 radical (unpaired) electrons. The van der Waals surface area contributed by atoms with Crippen molar-refractivity contribution in [3.63, 3.8) is 0 Å². The van der Waals surface area contributed by atoms with Crippen LogP contribution in [0.1, 0.15) is 0 Å². The fraction of sp³-hybridized carbons (Fsp3) is 0. The molecular formula is C14H10S3. The van der Waals surface area contributed by atoms with E-state index >= 15 is 0 Å². The fourth-order valence-corrected chi connectivity index (χ4v) is 4.82. The summed E-state index contributed by atoms with van der Waals surface area (Å²) in [6.07, 6.45) is 0. The molecule has 0 nitrogen and oxygen atoms in total. The monoisotopic (exact) mass is 274 g/mol. The van der Waals surface area contributed by atoms with Crippen molar-refractivity contribution < 1.29 is 0 Å². The molecule has 0 atom stereocenters. The van der Waals surface area contributed by atoms with Crippen LogP contribution in [0.4, 0.5) is 0 Å². The summed E-state index contributed by atoms with van der Waals surface area (Å²) >= 11 is 5.35. The smallest absolute Gasteiger partial charge is 0.0427 e. The number of hydrogen-bond acceptors (Lipinski definition) is 3. The molecule has 0 N–H and O–H groups in total. The van der Waals surface area contributed by atoms with E-state index in [2.05, 4.69) is 55.1 Å². The molecule has 0 aliphatic carbocycles. The lowest BCUT2D eigenvalue weighted by atomic mass is 10.4. The molecule has 84 valence electrons. The minimum Gasteiger partial charge on any atom is -0.0877 e. The highest BCUT2D eigenvalue weighted by atomic mass is 32.2. The molecule has 3 heteroatoms. The summed E-state index contributed by atoms with van der Waals surface area (Å²) in [5.74, 6) is 0. The average molecular weight is 274 g/mol. The van der Waals surface area contributed by atoms with Crippen LogP contribution in [0.25, 0.3) is 0 Å². The molecule has 1 aliphatic rings. The Bertz CT molecular complexity index is 526. The lowest BCUT2D eigenvalue weighted by Crippen LogP contribution is -1.85. The highest BCUT2D eigenvalue weighted by Gasteiger charge is 2.14. The van der Waals surface area contributed by atoms with Gasteiger partial charge in [-0.1, -0.05) is 66.1 Å². The van der Waals surface area contributed by atoms with E-state index in [1.54, 1.807) is 23.5 Å². The van der Waals surface area contributed by atoms with E-state index in [0.717, 1.165) is 4.24 Å². The van der Waals surface area contributed by atoms with Gasteiger partial charge < -0.3 is 0 Å². The van der Waals surface area contributed by atoms with E-state index in [9.17, 15) is 0 Å². The third-order valence-electron chi connectivity index (χ3n) is 2.37. The maximum atomic E-state index is 4.13. The van der Waals surface area contributed by atoms with Gasteiger partial charge in [-0.3, -0.25) is 0 Å². The first-order valence-electron chi connectivity index (χ1n) is 5.23. The van der Waals surface area contributed by atoms with Gasteiger partial charge in [0.1, 0.15) is 0 Å². The third-order valence-corrected chi connectivity index (χ3v) is 5.88. The Balaban J connectivity index is 2.12. The minimum absolute atomic E-state index is 1.13. The molecular weight excluding hydrogens is 264 g/mol. The minimum atomic E-state index is 1.13. The van der Waals surface area contributed by atoms with Gasteiger partial charge in [-0.15, -0.1) is 0 Å². The van der Waals surface area contributed by atoms with Crippen LogP contribution >= 0.6 is 35.3 Å². The maximum Gasteiger partial charge on any atom is 0.0427 e. The highest BCUT2D eigenvalue weighted by molar-refractivity contribution is 8.22. The molecule has 17 heavy (non-hydrogen) atoms. The van der Waals surface area contributed by atoms with Crippen LogP contribution in [-0.4, -0.2) is 0 Å². The number of thioether (sulfide) groups is 2. The quantitative estimate of drug-likeness (QED) is 0.622. The van der Waals surface area contributed by atoms with Crippen molar-refractivity contribution in [2.45, 2.75) is 19.6 Å². The van der Waals surface area contributed by atoms with E-state index in [1.807, 2.05) is 11.8 Å². The van der Waals surface area contributed by atoms with Crippen LogP contribution in [0.2, 0.25) is 0 Å². The second-order valence-electron chi connectivity index (χ2n) is 3.57. The van der Waals surface area contributed by atoms with Gasteiger partial charge in [-0.05, 0) is 24.3 Å². The summed E-state index contributed by atoms with van der Waals surface area (Å²) in [5, 5.41) is 0. The SMILES string of the molecule is C=C1Sc2ccccc2Sc2ccccc2S1. The molecule has 0 spiro atoms. The molecule has 0 amide bonds. The Morgan fingerprint density at radius 1 is 0.588 bits per heavy atom. The van der Waals surface area contributed by atoms with Crippen molar-refractivity contribution in [2.75, 3.05) is 0 Å². The van der Waals surface area contributed by atoms with Gasteiger partial charge in [-0.2, -0.15) is 0 Å². The Labute approximate surface area is 114 Å². The van der Waals surface area contributed by atoms with E-state index in [4.69, 9.17) is 0 Å². The zero-order valence-corrected chi connectivity index (χ0v) is 11.5. The van der Waals surface area contributed by atoms with Gasteiger partial charge in [-0.25, -0.2) is 0 Å². The van der Waals surface area contributed by atoms with Gasteiger partial charge in [0, 0.05) is 23.8 Å². The Morgan fingerprint density at radius 2 is 0.941 bits per heavy atom. The highest BCUT2D eigenvalue weighted by Crippen LogP contribution is 2.49. The van der Waals surface area contributed by atoms with E-state index < -0.39 is 0 Å². The largest absolute Gasteiger partial charge is 0.0877 e. The van der Waals surface area contributed by atoms with Gasteiger partial charge in [0.05, 0.1) is 0 Å². The zero-order chi connectivity index (χ0) is 11.7. The summed E-state index contributed by atoms with van der Waals surface area (Å²) < 4.78 is 1.13. The molecule has 1 heterocycles. The fourth-order valence-electron chi connectivity index (χ4n) is 1.62. The number of rotatable bonds is 0. The predicted octanol–water partition coefficient (Wildman–Crippen LogP) is 5.51. The number of hydrogen-bond donors (Lipinski definition) is 0. The Kier molecular flexibility index (Phi) is 3.23. The molecule has 0 saturated carbocycles. The average Bonchev–Trinajstić information content (AvgIpc) is 2.31. The first-order chi connectivity index (χ1) is 8.33. The summed E-state index contributed by atoms with van der Waals surface area (Å²) in [5.41, 5.74) is 0. The Morgan fingerprint density at radius 3 is 1.35 bits per heavy atom. The van der Waals surface area contributed by atoms with Crippen LogP contribution in [-0.2, 0) is 0 Å². The van der Waals surface area contributed by atoms with Crippen LogP contribution in [0, 0.1) is 0 Å². The van der Waals surface area contributed by atoms with Crippen LogP contribution < -0.4 is 0 Å². The third kappa shape index (κ3) is 2.41. The van der Waals surface area contributed by atoms with Crippen molar-refractivity contribution in [1.82, 2.24) is 0 Å². The van der Waals surface area contributed by atoms with Crippen LogP contribution in [0.3, 0.4) is 0 Å². The number of fused-ring (bicyclic) bond motifs is 2. The first-order valence-corrected chi connectivity index (χ1v) is 7.68. The zero-order valence-electron chi connectivity index (χ0n) is 9.05. The molecule has 0 saturated heterocycles. The molecule has 0 aromatic heterocycles. The first kappa shape index (κ1) is 11.3. The van der Waals surface area contributed by atoms with Crippen LogP contribution in [0.15, 0.2) is 78.9 Å². The normalized spacial score (nSPS) is 14.5. The molecule has 1 aliphatic heterocycles. The lowest BCUT2D eigenvalue weighted by molar-refractivity contribution is 1.20. The molecule has 3 rings (SSSR count). The predicted molar refractivity (Wildman–Crippen MR) is 77.9 cm³/mol. The second-order valence-corrected chi connectivity index (χ2v) is 7.19. The second kappa shape index (κ2) is 4.84. The lowest BCUT2D eigenvalue weighted by Gasteiger charge is -2.16. The maximum absolute atomic E-state index is 4.13. The summed E-state index contributed by atoms with van der Waals surface area (Å²) in [6, 6.07) is 17.0. The van der Waals surface area contributed by atoms with Crippen molar-refractivity contribution in [2.24, 2.45) is 0 Å². The summed E-state index contributed by atoms with van der Waals surface area (Å²) in [4.78, 5) is 5.21. The van der Waals surface area contributed by atoms with Crippen molar-refractivity contribution >= 4 is 35.3 Å². The van der Waals surface area contributed by atoms with Crippen LogP contribution in [0.5, 0.6) is 0 Å². The van der Waals surface area contributed by atoms with Gasteiger partial charge in [0.25, 0.3) is 0 Å². The molecule has 0 unspecified atom stereocenters. The van der Waals surface area contributed by atoms with Gasteiger partial charge in [0.15, 0.2) is 0 Å². The summed E-state index contributed by atoms with van der Waals surface area (Å²) in [6.45, 7) is 4.13. The van der Waals surface area contributed by atoms with Gasteiger partial charge >= 0.3 is 0 Å². The van der Waals surface area contributed by atoms with Crippen molar-refractivity contribution in [3.05, 3.63) is 59.3 Å². The van der Waals surface area contributed by atoms with Gasteiger partial charge in [0.2, 0.25) is 0 Å².